The third-order valence-electron chi connectivity index (χ3n) is 4.74. The fraction of sp³-hybridized carbons (Fsp3) is 0.211. The van der Waals surface area contributed by atoms with Crippen LogP contribution in [0.15, 0.2) is 47.4 Å². The van der Waals surface area contributed by atoms with E-state index in [4.69, 9.17) is 11.6 Å². The highest BCUT2D eigenvalue weighted by Crippen LogP contribution is 2.38. The van der Waals surface area contributed by atoms with Crippen molar-refractivity contribution in [2.45, 2.75) is 23.8 Å². The Kier molecular flexibility index (Phi) is 6.02. The van der Waals surface area contributed by atoms with Gasteiger partial charge in [0.1, 0.15) is 16.6 Å². The summed E-state index contributed by atoms with van der Waals surface area (Å²) in [5.41, 5.74) is 0.00232. The highest BCUT2D eigenvalue weighted by atomic mass is 35.5. The molecule has 1 aromatic heterocycles. The van der Waals surface area contributed by atoms with Gasteiger partial charge in [-0.3, -0.25) is 4.79 Å². The molecule has 2 aromatic carbocycles. The summed E-state index contributed by atoms with van der Waals surface area (Å²) in [6, 6.07) is 8.29. The van der Waals surface area contributed by atoms with Gasteiger partial charge in [0.25, 0.3) is 5.91 Å². The molecule has 4 rings (SSSR count). The molecule has 1 saturated heterocycles. The van der Waals surface area contributed by atoms with Crippen LogP contribution in [0.25, 0.3) is 0 Å². The van der Waals surface area contributed by atoms with Crippen molar-refractivity contribution in [2.24, 2.45) is 0 Å². The largest absolute Gasteiger partial charge is 0.317 e. The lowest BCUT2D eigenvalue weighted by molar-refractivity contribution is 0.102. The average Bonchev–Trinajstić information content (AvgIpc) is 3.41. The van der Waals surface area contributed by atoms with Gasteiger partial charge < -0.3 is 5.32 Å². The standard InChI is InChI=1S/C19H15ClF2N4O3S2/c20-12-10-11(7-8-13(12)21)31(28,29)26-9-3-6-16(26)18-24-25-19(30-18)17(27)23-15-5-2-1-4-14(15)22/h1-2,4-5,7-8,10,16H,3,6,9H2,(H,23,27). The normalized spacial score (nSPS) is 17.1. The molecule has 2 heterocycles. The Hall–Kier alpha value is -2.47. The first-order valence-corrected chi connectivity index (χ1v) is 11.8. The van der Waals surface area contributed by atoms with E-state index in [0.29, 0.717) is 17.8 Å². The van der Waals surface area contributed by atoms with Gasteiger partial charge >= 0.3 is 0 Å². The number of nitrogens with one attached hydrogen (secondary N) is 1. The zero-order valence-electron chi connectivity index (χ0n) is 15.8. The summed E-state index contributed by atoms with van der Waals surface area (Å²) < 4.78 is 54.6. The number of anilines is 1. The SMILES string of the molecule is O=C(Nc1ccccc1F)c1nnc(C2CCCN2S(=O)(=O)c2ccc(F)c(Cl)c2)s1. The number of sulfonamides is 1. The summed E-state index contributed by atoms with van der Waals surface area (Å²) in [5, 5.41) is 10.3. The maximum absolute atomic E-state index is 13.8. The summed E-state index contributed by atoms with van der Waals surface area (Å²) in [4.78, 5) is 12.3. The van der Waals surface area contributed by atoms with Crippen molar-refractivity contribution < 1.29 is 22.0 Å². The van der Waals surface area contributed by atoms with Crippen molar-refractivity contribution in [3.8, 4) is 0 Å². The van der Waals surface area contributed by atoms with Gasteiger partial charge in [0.05, 0.1) is 21.6 Å². The van der Waals surface area contributed by atoms with E-state index in [2.05, 4.69) is 15.5 Å². The molecule has 0 aliphatic carbocycles. The van der Waals surface area contributed by atoms with Crippen LogP contribution in [0, 0.1) is 11.6 Å². The maximum Gasteiger partial charge on any atom is 0.286 e. The van der Waals surface area contributed by atoms with Gasteiger partial charge in [-0.05, 0) is 43.2 Å². The van der Waals surface area contributed by atoms with Gasteiger partial charge in [0.2, 0.25) is 15.0 Å². The van der Waals surface area contributed by atoms with Crippen LogP contribution >= 0.6 is 22.9 Å². The lowest BCUT2D eigenvalue weighted by atomic mass is 10.2. The summed E-state index contributed by atoms with van der Waals surface area (Å²) in [6.45, 7) is 0.234. The third kappa shape index (κ3) is 4.31. The second kappa shape index (κ2) is 8.58. The Morgan fingerprint density at radius 1 is 1.16 bits per heavy atom. The quantitative estimate of drug-likeness (QED) is 0.584. The molecule has 1 fully saturated rings. The molecule has 1 aliphatic heterocycles. The molecule has 0 bridgehead atoms. The number of hydrogen-bond acceptors (Lipinski definition) is 6. The Morgan fingerprint density at radius 3 is 2.68 bits per heavy atom. The van der Waals surface area contributed by atoms with Crippen LogP contribution in [-0.4, -0.2) is 35.4 Å². The molecule has 1 unspecified atom stereocenters. The van der Waals surface area contributed by atoms with Crippen molar-refractivity contribution in [2.75, 3.05) is 11.9 Å². The molecule has 3 aromatic rings. The van der Waals surface area contributed by atoms with Gasteiger partial charge in [-0.1, -0.05) is 35.1 Å². The van der Waals surface area contributed by atoms with Gasteiger partial charge in [-0.25, -0.2) is 17.2 Å². The predicted molar refractivity (Wildman–Crippen MR) is 112 cm³/mol. The molecular weight excluding hydrogens is 470 g/mol. The van der Waals surface area contributed by atoms with Crippen LogP contribution in [0.4, 0.5) is 14.5 Å². The fourth-order valence-corrected chi connectivity index (χ4v) is 6.13. The monoisotopic (exact) mass is 484 g/mol. The van der Waals surface area contributed by atoms with Gasteiger partial charge in [-0.15, -0.1) is 10.2 Å². The Bertz CT molecular complexity index is 1250. The minimum absolute atomic E-state index is 0.00232. The van der Waals surface area contributed by atoms with Crippen LogP contribution in [0.2, 0.25) is 5.02 Å². The van der Waals surface area contributed by atoms with E-state index >= 15 is 0 Å². The average molecular weight is 485 g/mol. The highest BCUT2D eigenvalue weighted by Gasteiger charge is 2.38. The van der Waals surface area contributed by atoms with Crippen molar-refractivity contribution in [3.63, 3.8) is 0 Å². The first-order chi connectivity index (χ1) is 14.8. The molecule has 0 saturated carbocycles. The number of benzene rings is 2. The summed E-state index contributed by atoms with van der Waals surface area (Å²) >= 11 is 6.68. The molecule has 7 nitrogen and oxygen atoms in total. The van der Waals surface area contributed by atoms with Gasteiger partial charge in [0.15, 0.2) is 0 Å². The Morgan fingerprint density at radius 2 is 1.94 bits per heavy atom. The molecule has 1 N–H and O–H groups in total. The van der Waals surface area contributed by atoms with E-state index in [-0.39, 0.29) is 27.2 Å². The van der Waals surface area contributed by atoms with Gasteiger partial charge in [0, 0.05) is 6.54 Å². The van der Waals surface area contributed by atoms with Crippen LogP contribution in [0.3, 0.4) is 0 Å². The number of carbonyl (C=O) groups is 1. The highest BCUT2D eigenvalue weighted by molar-refractivity contribution is 7.89. The van der Waals surface area contributed by atoms with Crippen LogP contribution in [-0.2, 0) is 10.0 Å². The van der Waals surface area contributed by atoms with Crippen molar-refractivity contribution >= 4 is 44.6 Å². The summed E-state index contributed by atoms with van der Waals surface area (Å²) in [7, 11) is -3.97. The second-order valence-corrected chi connectivity index (χ2v) is 10.0. The number of halogens is 3. The number of hydrogen-bond donors (Lipinski definition) is 1. The molecular formula is C19H15ClF2N4O3S2. The van der Waals surface area contributed by atoms with E-state index in [1.54, 1.807) is 6.07 Å². The Labute approximate surface area is 185 Å². The van der Waals surface area contributed by atoms with E-state index in [0.717, 1.165) is 29.5 Å². The van der Waals surface area contributed by atoms with Crippen LogP contribution in [0.1, 0.15) is 33.7 Å². The van der Waals surface area contributed by atoms with Crippen molar-refractivity contribution in [1.82, 2.24) is 14.5 Å². The molecule has 0 spiro atoms. The molecule has 31 heavy (non-hydrogen) atoms. The smallest absolute Gasteiger partial charge is 0.286 e. The molecule has 1 aliphatic rings. The number of rotatable bonds is 5. The predicted octanol–water partition coefficient (Wildman–Crippen LogP) is 4.25. The van der Waals surface area contributed by atoms with Crippen LogP contribution < -0.4 is 5.32 Å². The van der Waals surface area contributed by atoms with E-state index in [1.165, 1.54) is 22.5 Å². The number of amides is 1. The third-order valence-corrected chi connectivity index (χ3v) is 7.96. The molecule has 12 heteroatoms. The van der Waals surface area contributed by atoms with Crippen LogP contribution in [0.5, 0.6) is 0 Å². The topological polar surface area (TPSA) is 92.3 Å². The zero-order valence-corrected chi connectivity index (χ0v) is 18.1. The first kappa shape index (κ1) is 21.8. The van der Waals surface area contributed by atoms with Crippen molar-refractivity contribution in [3.05, 3.63) is 69.1 Å². The minimum atomic E-state index is -3.97. The van der Waals surface area contributed by atoms with Crippen molar-refractivity contribution in [1.29, 1.82) is 0 Å². The zero-order chi connectivity index (χ0) is 22.2. The molecule has 162 valence electrons. The fourth-order valence-electron chi connectivity index (χ4n) is 3.25. The number of para-hydroxylation sites is 1. The summed E-state index contributed by atoms with van der Waals surface area (Å²) in [6.07, 6.45) is 1.06. The molecule has 1 atom stereocenters. The maximum atomic E-state index is 13.8. The van der Waals surface area contributed by atoms with E-state index < -0.39 is 33.6 Å². The Balaban J connectivity index is 1.57. The summed E-state index contributed by atoms with van der Waals surface area (Å²) in [5.74, 6) is -1.95. The number of aromatic nitrogens is 2. The molecule has 0 radical (unpaired) electrons. The number of carbonyl (C=O) groups excluding carboxylic acids is 1. The minimum Gasteiger partial charge on any atom is -0.317 e. The van der Waals surface area contributed by atoms with E-state index in [9.17, 15) is 22.0 Å². The second-order valence-electron chi connectivity index (χ2n) is 6.73. The molecule has 1 amide bonds. The first-order valence-electron chi connectivity index (χ1n) is 9.13. The lowest BCUT2D eigenvalue weighted by Gasteiger charge is -2.22. The number of nitrogens with zero attached hydrogens (tertiary/aromatic N) is 3. The van der Waals surface area contributed by atoms with E-state index in [1.807, 2.05) is 0 Å². The van der Waals surface area contributed by atoms with Gasteiger partial charge in [-0.2, -0.15) is 4.31 Å². The lowest BCUT2D eigenvalue weighted by Crippen LogP contribution is -2.30.